The first-order valence-electron chi connectivity index (χ1n) is 6.21. The largest absolute Gasteiger partial charge is 0.375 e. The van der Waals surface area contributed by atoms with E-state index in [1.54, 1.807) is 23.2 Å². The van der Waals surface area contributed by atoms with Gasteiger partial charge in [-0.1, -0.05) is 22.0 Å². The molecule has 0 atom stereocenters. The number of nitrogen functional groups attached to an aromatic ring is 1. The van der Waals surface area contributed by atoms with Gasteiger partial charge in [0.2, 0.25) is 0 Å². The summed E-state index contributed by atoms with van der Waals surface area (Å²) in [4.78, 5) is 16.2. The number of hydrogen-bond donors (Lipinski definition) is 1. The molecule has 108 valence electrons. The zero-order valence-electron chi connectivity index (χ0n) is 11.5. The topological polar surface area (TPSA) is 65.8 Å². The average Bonchev–Trinajstić information content (AvgIpc) is 2.96. The van der Waals surface area contributed by atoms with E-state index in [4.69, 9.17) is 5.73 Å². The summed E-state index contributed by atoms with van der Waals surface area (Å²) >= 11 is 4.95. The fourth-order valence-corrected chi connectivity index (χ4v) is 3.21. The van der Waals surface area contributed by atoms with Crippen LogP contribution in [0.5, 0.6) is 0 Å². The molecule has 0 aliphatic heterocycles. The molecule has 1 aromatic carbocycles. The van der Waals surface area contributed by atoms with Crippen molar-refractivity contribution in [2.45, 2.75) is 0 Å². The highest BCUT2D eigenvalue weighted by Crippen LogP contribution is 2.25. The molecule has 7 heteroatoms. The number of halogens is 1. The molecule has 0 aliphatic rings. The minimum absolute atomic E-state index is 0.0368. The second-order valence-corrected chi connectivity index (χ2v) is 6.45. The molecule has 0 unspecified atom stereocenters. The van der Waals surface area contributed by atoms with Crippen LogP contribution >= 0.6 is 27.3 Å². The van der Waals surface area contributed by atoms with E-state index in [0.717, 1.165) is 26.8 Å². The third-order valence-corrected chi connectivity index (χ3v) is 4.74. The van der Waals surface area contributed by atoms with E-state index in [1.165, 1.54) is 11.3 Å². The number of imidazole rings is 1. The van der Waals surface area contributed by atoms with Gasteiger partial charge in [0.15, 0.2) is 5.13 Å². The van der Waals surface area contributed by atoms with E-state index >= 15 is 0 Å². The number of thiazole rings is 1. The number of anilines is 1. The summed E-state index contributed by atoms with van der Waals surface area (Å²) in [5.74, 6) is 0. The third kappa shape index (κ3) is 2.43. The summed E-state index contributed by atoms with van der Waals surface area (Å²) < 4.78 is 4.20. The zero-order chi connectivity index (χ0) is 15.1. The lowest BCUT2D eigenvalue weighted by Crippen LogP contribution is -2.19. The highest BCUT2D eigenvalue weighted by atomic mass is 79.9. The molecule has 2 aromatic heterocycles. The molecule has 0 spiro atoms. The summed E-state index contributed by atoms with van der Waals surface area (Å²) in [7, 11) is 3.54. The van der Waals surface area contributed by atoms with Crippen molar-refractivity contribution >= 4 is 55.6 Å². The van der Waals surface area contributed by atoms with Crippen LogP contribution in [0.1, 0.15) is 11.3 Å². The Morgan fingerprint density at radius 1 is 1.24 bits per heavy atom. The standard InChI is InChI=1S/C14H13BrN4OS/c1-18-11-5-8(3-4-9-7-21-13(16)17-9)10(15)6-12(11)19(2)14(18)20/h3-7H,1-2H3,(H2,16,17). The Balaban J connectivity index is 2.11. The zero-order valence-corrected chi connectivity index (χ0v) is 13.9. The summed E-state index contributed by atoms with van der Waals surface area (Å²) in [5, 5.41) is 2.45. The van der Waals surface area contributed by atoms with E-state index in [1.807, 2.05) is 29.7 Å². The van der Waals surface area contributed by atoms with Crippen molar-refractivity contribution in [2.24, 2.45) is 14.1 Å². The van der Waals surface area contributed by atoms with Gasteiger partial charge >= 0.3 is 5.69 Å². The van der Waals surface area contributed by atoms with Crippen molar-refractivity contribution < 1.29 is 0 Å². The Kier molecular flexibility index (Phi) is 3.46. The van der Waals surface area contributed by atoms with Crippen LogP contribution in [-0.2, 0) is 14.1 Å². The average molecular weight is 365 g/mol. The number of hydrogen-bond acceptors (Lipinski definition) is 4. The van der Waals surface area contributed by atoms with E-state index < -0.39 is 0 Å². The lowest BCUT2D eigenvalue weighted by Gasteiger charge is -2.01. The van der Waals surface area contributed by atoms with Crippen molar-refractivity contribution in [1.82, 2.24) is 14.1 Å². The number of aryl methyl sites for hydroxylation is 2. The SMILES string of the molecule is Cn1c(=O)n(C)c2cc(C=Cc3csc(N)n3)c(Br)cc21. The Hall–Kier alpha value is -1.86. The van der Waals surface area contributed by atoms with Crippen LogP contribution in [0.25, 0.3) is 23.2 Å². The first-order chi connectivity index (χ1) is 9.97. The van der Waals surface area contributed by atoms with Crippen LogP contribution in [0.2, 0.25) is 0 Å². The van der Waals surface area contributed by atoms with Gasteiger partial charge < -0.3 is 5.73 Å². The highest BCUT2D eigenvalue weighted by molar-refractivity contribution is 9.10. The number of aromatic nitrogens is 3. The molecule has 0 fully saturated rings. The van der Waals surface area contributed by atoms with Crippen LogP contribution in [0.4, 0.5) is 5.13 Å². The van der Waals surface area contributed by atoms with Crippen LogP contribution in [-0.4, -0.2) is 14.1 Å². The van der Waals surface area contributed by atoms with Crippen LogP contribution in [0.15, 0.2) is 26.8 Å². The van der Waals surface area contributed by atoms with Gasteiger partial charge in [0.05, 0.1) is 16.7 Å². The van der Waals surface area contributed by atoms with Gasteiger partial charge in [0, 0.05) is 23.9 Å². The number of fused-ring (bicyclic) bond motifs is 1. The van der Waals surface area contributed by atoms with Crippen molar-refractivity contribution in [2.75, 3.05) is 5.73 Å². The first-order valence-corrected chi connectivity index (χ1v) is 7.88. The Labute approximate surface area is 133 Å². The second-order valence-electron chi connectivity index (χ2n) is 4.71. The van der Waals surface area contributed by atoms with Crippen molar-refractivity contribution in [3.8, 4) is 0 Å². The quantitative estimate of drug-likeness (QED) is 0.760. The number of benzene rings is 1. The fraction of sp³-hybridized carbons (Fsp3) is 0.143. The molecule has 2 heterocycles. The van der Waals surface area contributed by atoms with Crippen molar-refractivity contribution in [1.29, 1.82) is 0 Å². The second kappa shape index (κ2) is 5.16. The normalized spacial score (nSPS) is 11.8. The molecule has 3 aromatic rings. The predicted molar refractivity (Wildman–Crippen MR) is 91.3 cm³/mol. The summed E-state index contributed by atoms with van der Waals surface area (Å²) in [5.41, 5.74) is 9.17. The van der Waals surface area contributed by atoms with Crippen LogP contribution in [0.3, 0.4) is 0 Å². The monoisotopic (exact) mass is 364 g/mol. The van der Waals surface area contributed by atoms with Gasteiger partial charge in [0.25, 0.3) is 0 Å². The third-order valence-electron chi connectivity index (χ3n) is 3.36. The molecule has 0 amide bonds. The smallest absolute Gasteiger partial charge is 0.328 e. The maximum Gasteiger partial charge on any atom is 0.328 e. The number of rotatable bonds is 2. The molecule has 3 rings (SSSR count). The van der Waals surface area contributed by atoms with Gasteiger partial charge in [0.1, 0.15) is 0 Å². The molecule has 5 nitrogen and oxygen atoms in total. The lowest BCUT2D eigenvalue weighted by molar-refractivity contribution is 0.795. The molecule has 0 saturated carbocycles. The Morgan fingerprint density at radius 3 is 2.52 bits per heavy atom. The predicted octanol–water partition coefficient (Wildman–Crippen LogP) is 2.85. The summed E-state index contributed by atoms with van der Waals surface area (Å²) in [6.07, 6.45) is 3.86. The molecule has 0 aliphatic carbocycles. The summed E-state index contributed by atoms with van der Waals surface area (Å²) in [6.45, 7) is 0. The van der Waals surface area contributed by atoms with E-state index in [0.29, 0.717) is 5.13 Å². The molecular weight excluding hydrogens is 352 g/mol. The maximum atomic E-state index is 12.0. The van der Waals surface area contributed by atoms with Crippen LogP contribution in [0, 0.1) is 0 Å². The minimum atomic E-state index is -0.0368. The van der Waals surface area contributed by atoms with Gasteiger partial charge in [-0.25, -0.2) is 9.78 Å². The lowest BCUT2D eigenvalue weighted by atomic mass is 10.1. The fourth-order valence-electron chi connectivity index (χ4n) is 2.22. The van der Waals surface area contributed by atoms with Crippen LogP contribution < -0.4 is 11.4 Å². The number of nitrogens with two attached hydrogens (primary N) is 1. The Morgan fingerprint density at radius 2 is 1.90 bits per heavy atom. The van der Waals surface area contributed by atoms with E-state index in [2.05, 4.69) is 20.9 Å². The Bertz CT molecular complexity index is 919. The van der Waals surface area contributed by atoms with E-state index in [9.17, 15) is 4.79 Å². The molecule has 0 bridgehead atoms. The molecule has 2 N–H and O–H groups in total. The maximum absolute atomic E-state index is 12.0. The van der Waals surface area contributed by atoms with E-state index in [-0.39, 0.29) is 5.69 Å². The highest BCUT2D eigenvalue weighted by Gasteiger charge is 2.10. The summed E-state index contributed by atoms with van der Waals surface area (Å²) in [6, 6.07) is 3.93. The van der Waals surface area contributed by atoms with Gasteiger partial charge in [-0.05, 0) is 23.8 Å². The van der Waals surface area contributed by atoms with Gasteiger partial charge in [-0.15, -0.1) is 11.3 Å². The molecule has 21 heavy (non-hydrogen) atoms. The molecular formula is C14H13BrN4OS. The molecule has 0 radical (unpaired) electrons. The van der Waals surface area contributed by atoms with Crippen molar-refractivity contribution in [3.05, 3.63) is 43.7 Å². The minimum Gasteiger partial charge on any atom is -0.375 e. The van der Waals surface area contributed by atoms with Gasteiger partial charge in [-0.2, -0.15) is 0 Å². The van der Waals surface area contributed by atoms with Gasteiger partial charge in [-0.3, -0.25) is 9.13 Å². The first kappa shape index (κ1) is 14.1. The van der Waals surface area contributed by atoms with Crippen molar-refractivity contribution in [3.63, 3.8) is 0 Å². The molecule has 0 saturated heterocycles. The number of nitrogens with zero attached hydrogens (tertiary/aromatic N) is 3.